The Kier molecular flexibility index (Phi) is 5.08. The van der Waals surface area contributed by atoms with E-state index in [0.29, 0.717) is 40.3 Å². The highest BCUT2D eigenvalue weighted by Gasteiger charge is 2.23. The van der Waals surface area contributed by atoms with Crippen LogP contribution in [0, 0.1) is 0 Å². The van der Waals surface area contributed by atoms with Crippen LogP contribution in [-0.4, -0.2) is 35.2 Å². The van der Waals surface area contributed by atoms with Crippen molar-refractivity contribution >= 4 is 39.1 Å². The van der Waals surface area contributed by atoms with Crippen molar-refractivity contribution in [3.8, 4) is 5.75 Å². The van der Waals surface area contributed by atoms with Gasteiger partial charge in [0.05, 0.1) is 24.6 Å². The Morgan fingerprint density at radius 1 is 1.36 bits per heavy atom. The largest absolute Gasteiger partial charge is 0.495 e. The minimum atomic E-state index is -0.277. The van der Waals surface area contributed by atoms with E-state index in [9.17, 15) is 9.59 Å². The Morgan fingerprint density at radius 3 is 2.80 bits per heavy atom. The van der Waals surface area contributed by atoms with Crippen molar-refractivity contribution in [3.05, 3.63) is 34.6 Å². The quantitative estimate of drug-likeness (QED) is 0.846. The zero-order valence-corrected chi connectivity index (χ0v) is 15.7. The molecule has 25 heavy (non-hydrogen) atoms. The van der Waals surface area contributed by atoms with Gasteiger partial charge in [-0.2, -0.15) is 5.10 Å². The maximum absolute atomic E-state index is 12.4. The third kappa shape index (κ3) is 3.53. The molecule has 0 spiro atoms. The van der Waals surface area contributed by atoms with Crippen LogP contribution in [0.2, 0.25) is 0 Å². The van der Waals surface area contributed by atoms with Crippen molar-refractivity contribution in [2.24, 2.45) is 7.05 Å². The topological polar surface area (TPSA) is 76.5 Å². The number of rotatable bonds is 4. The lowest BCUT2D eigenvalue weighted by Crippen LogP contribution is -2.35. The van der Waals surface area contributed by atoms with Gasteiger partial charge in [-0.15, -0.1) is 0 Å². The number of piperidine rings is 1. The van der Waals surface area contributed by atoms with Crippen molar-refractivity contribution in [1.82, 2.24) is 9.78 Å². The molecular formula is C17H19BrN4O3. The summed E-state index contributed by atoms with van der Waals surface area (Å²) in [6.07, 6.45) is 3.89. The number of aryl methyl sites for hydroxylation is 1. The van der Waals surface area contributed by atoms with Gasteiger partial charge in [0.1, 0.15) is 10.4 Å². The maximum Gasteiger partial charge on any atom is 0.260 e. The van der Waals surface area contributed by atoms with Crippen LogP contribution < -0.4 is 15.0 Å². The maximum atomic E-state index is 12.4. The lowest BCUT2D eigenvalue weighted by molar-refractivity contribution is -0.119. The van der Waals surface area contributed by atoms with E-state index in [1.54, 1.807) is 41.9 Å². The molecule has 1 aromatic carbocycles. The lowest BCUT2D eigenvalue weighted by atomic mass is 10.1. The van der Waals surface area contributed by atoms with Gasteiger partial charge < -0.3 is 15.0 Å². The number of hydrogen-bond donors (Lipinski definition) is 1. The smallest absolute Gasteiger partial charge is 0.260 e. The van der Waals surface area contributed by atoms with Crippen LogP contribution in [0.3, 0.4) is 0 Å². The van der Waals surface area contributed by atoms with E-state index in [1.807, 2.05) is 0 Å². The number of aromatic nitrogens is 2. The van der Waals surface area contributed by atoms with Gasteiger partial charge in [0.25, 0.3) is 5.91 Å². The van der Waals surface area contributed by atoms with E-state index in [-0.39, 0.29) is 11.8 Å². The predicted molar refractivity (Wildman–Crippen MR) is 98.1 cm³/mol. The van der Waals surface area contributed by atoms with Crippen LogP contribution >= 0.6 is 15.9 Å². The summed E-state index contributed by atoms with van der Waals surface area (Å²) in [5, 5.41) is 6.89. The number of hydrogen-bond acceptors (Lipinski definition) is 4. The van der Waals surface area contributed by atoms with Crippen molar-refractivity contribution in [2.75, 3.05) is 23.9 Å². The molecule has 1 aromatic heterocycles. The van der Waals surface area contributed by atoms with Crippen molar-refractivity contribution in [3.63, 3.8) is 0 Å². The van der Waals surface area contributed by atoms with Gasteiger partial charge in [-0.3, -0.25) is 14.3 Å². The molecular weight excluding hydrogens is 388 g/mol. The second-order valence-electron chi connectivity index (χ2n) is 5.82. The molecule has 0 aliphatic carbocycles. The van der Waals surface area contributed by atoms with Crippen LogP contribution in [0.25, 0.3) is 0 Å². The van der Waals surface area contributed by atoms with E-state index >= 15 is 0 Å². The molecule has 0 radical (unpaired) electrons. The van der Waals surface area contributed by atoms with Gasteiger partial charge in [-0.05, 0) is 47.0 Å². The van der Waals surface area contributed by atoms with Gasteiger partial charge >= 0.3 is 0 Å². The standard InChI is InChI=1S/C17H19BrN4O3/c1-21-16(18)12(10-19-21)17(24)20-11-6-7-14(25-2)13(9-11)22-8-4-3-5-15(22)23/h6-7,9-10H,3-5,8H2,1-2H3,(H,20,24). The first kappa shape index (κ1) is 17.5. The molecule has 8 heteroatoms. The minimum absolute atomic E-state index is 0.0723. The number of benzene rings is 1. The predicted octanol–water partition coefficient (Wildman–Crippen LogP) is 2.96. The third-order valence-electron chi connectivity index (χ3n) is 4.16. The number of nitrogens with one attached hydrogen (secondary N) is 1. The summed E-state index contributed by atoms with van der Waals surface area (Å²) in [6.45, 7) is 0.654. The summed E-state index contributed by atoms with van der Waals surface area (Å²) >= 11 is 3.34. The fourth-order valence-electron chi connectivity index (χ4n) is 2.81. The van der Waals surface area contributed by atoms with Crippen LogP contribution in [0.5, 0.6) is 5.75 Å². The van der Waals surface area contributed by atoms with E-state index < -0.39 is 0 Å². The summed E-state index contributed by atoms with van der Waals surface area (Å²) in [4.78, 5) is 26.4. The molecule has 132 valence electrons. The minimum Gasteiger partial charge on any atom is -0.495 e. The van der Waals surface area contributed by atoms with E-state index in [4.69, 9.17) is 4.74 Å². The molecule has 1 saturated heterocycles. The molecule has 2 aromatic rings. The SMILES string of the molecule is COc1ccc(NC(=O)c2cnn(C)c2Br)cc1N1CCCCC1=O. The molecule has 2 heterocycles. The Hall–Kier alpha value is -2.35. The van der Waals surface area contributed by atoms with Crippen LogP contribution in [0.4, 0.5) is 11.4 Å². The van der Waals surface area contributed by atoms with Crippen LogP contribution in [-0.2, 0) is 11.8 Å². The Labute approximate surface area is 154 Å². The van der Waals surface area contributed by atoms with E-state index in [0.717, 1.165) is 12.8 Å². The number of carbonyl (C=O) groups excluding carboxylic acids is 2. The molecule has 0 atom stereocenters. The molecule has 3 rings (SSSR count). The Bertz CT molecular complexity index is 818. The van der Waals surface area contributed by atoms with E-state index in [2.05, 4.69) is 26.3 Å². The second kappa shape index (κ2) is 7.26. The monoisotopic (exact) mass is 406 g/mol. The lowest BCUT2D eigenvalue weighted by Gasteiger charge is -2.28. The average molecular weight is 407 g/mol. The molecule has 0 saturated carbocycles. The second-order valence-corrected chi connectivity index (χ2v) is 6.57. The summed E-state index contributed by atoms with van der Waals surface area (Å²) in [5.41, 5.74) is 1.71. The van der Waals surface area contributed by atoms with Gasteiger partial charge in [-0.25, -0.2) is 0 Å². The summed E-state index contributed by atoms with van der Waals surface area (Å²) < 4.78 is 7.56. The highest BCUT2D eigenvalue weighted by Crippen LogP contribution is 2.33. The summed E-state index contributed by atoms with van der Waals surface area (Å²) in [6, 6.07) is 5.27. The number of amides is 2. The third-order valence-corrected chi connectivity index (χ3v) is 5.10. The van der Waals surface area contributed by atoms with Gasteiger partial charge in [-0.1, -0.05) is 0 Å². The first-order chi connectivity index (χ1) is 12.0. The number of methoxy groups -OCH3 is 1. The molecule has 1 aliphatic heterocycles. The number of anilines is 2. The first-order valence-electron chi connectivity index (χ1n) is 7.98. The molecule has 7 nitrogen and oxygen atoms in total. The van der Waals surface area contributed by atoms with Crippen LogP contribution in [0.1, 0.15) is 29.6 Å². The molecule has 0 unspecified atom stereocenters. The van der Waals surface area contributed by atoms with Crippen molar-refractivity contribution < 1.29 is 14.3 Å². The zero-order valence-electron chi connectivity index (χ0n) is 14.1. The number of halogens is 1. The zero-order chi connectivity index (χ0) is 18.0. The average Bonchev–Trinajstić information content (AvgIpc) is 2.94. The number of nitrogens with zero attached hydrogens (tertiary/aromatic N) is 3. The van der Waals surface area contributed by atoms with Crippen LogP contribution in [0.15, 0.2) is 29.0 Å². The number of ether oxygens (including phenoxy) is 1. The Balaban J connectivity index is 1.87. The highest BCUT2D eigenvalue weighted by molar-refractivity contribution is 9.10. The number of carbonyl (C=O) groups is 2. The fourth-order valence-corrected chi connectivity index (χ4v) is 3.19. The van der Waals surface area contributed by atoms with Crippen molar-refractivity contribution in [2.45, 2.75) is 19.3 Å². The molecule has 1 fully saturated rings. The molecule has 2 amide bonds. The van der Waals surface area contributed by atoms with Gasteiger partial charge in [0.2, 0.25) is 5.91 Å². The Morgan fingerprint density at radius 2 is 2.16 bits per heavy atom. The summed E-state index contributed by atoms with van der Waals surface area (Å²) in [7, 11) is 3.31. The molecule has 0 bridgehead atoms. The van der Waals surface area contributed by atoms with Crippen molar-refractivity contribution in [1.29, 1.82) is 0 Å². The normalized spacial score (nSPS) is 14.5. The molecule has 1 aliphatic rings. The van der Waals surface area contributed by atoms with Gasteiger partial charge in [0, 0.05) is 25.7 Å². The summed E-state index contributed by atoms with van der Waals surface area (Å²) in [5.74, 6) is 0.403. The fraction of sp³-hybridized carbons (Fsp3) is 0.353. The molecule has 1 N–H and O–H groups in total. The highest BCUT2D eigenvalue weighted by atomic mass is 79.9. The van der Waals surface area contributed by atoms with E-state index in [1.165, 1.54) is 6.20 Å². The first-order valence-corrected chi connectivity index (χ1v) is 8.78. The van der Waals surface area contributed by atoms with Gasteiger partial charge in [0.15, 0.2) is 0 Å².